The summed E-state index contributed by atoms with van der Waals surface area (Å²) in [5, 5.41) is 3.46. The maximum Gasteiger partial charge on any atom is 0.226 e. The molecule has 2 atom stereocenters. The van der Waals surface area contributed by atoms with Gasteiger partial charge in [0.25, 0.3) is 0 Å². The van der Waals surface area contributed by atoms with Gasteiger partial charge in [-0.25, -0.2) is 0 Å². The van der Waals surface area contributed by atoms with E-state index in [1.165, 1.54) is 19.3 Å². The van der Waals surface area contributed by atoms with Crippen LogP contribution in [0.1, 0.15) is 39.0 Å². The van der Waals surface area contributed by atoms with Gasteiger partial charge < -0.3 is 10.2 Å². The van der Waals surface area contributed by atoms with Crippen LogP contribution in [-0.4, -0.2) is 36.0 Å². The molecule has 2 heterocycles. The molecular formula is C13H22N2O. The molecule has 1 N–H and O–H groups in total. The standard InChI is InChI=1S/C13H22N2O/c1-9-2-4-10(5-3-9)13(16)15-8-11-6-12(15)7-14-11/h9-12,14H,2-8H2,1H3/t9?,10?,11-,12-/m0/s1. The number of hydrogen-bond donors (Lipinski definition) is 1. The summed E-state index contributed by atoms with van der Waals surface area (Å²) in [4.78, 5) is 14.6. The molecule has 90 valence electrons. The highest BCUT2D eigenvalue weighted by molar-refractivity contribution is 5.79. The molecule has 3 rings (SSSR count). The fourth-order valence-electron chi connectivity index (χ4n) is 3.57. The van der Waals surface area contributed by atoms with Crippen LogP contribution in [0.3, 0.4) is 0 Å². The minimum absolute atomic E-state index is 0.343. The molecule has 2 bridgehead atoms. The zero-order valence-electron chi connectivity index (χ0n) is 10.1. The van der Waals surface area contributed by atoms with Crippen LogP contribution >= 0.6 is 0 Å². The van der Waals surface area contributed by atoms with Crippen molar-refractivity contribution in [2.45, 2.75) is 51.1 Å². The Morgan fingerprint density at radius 1 is 1.25 bits per heavy atom. The molecule has 16 heavy (non-hydrogen) atoms. The van der Waals surface area contributed by atoms with E-state index in [0.29, 0.717) is 23.9 Å². The van der Waals surface area contributed by atoms with E-state index in [4.69, 9.17) is 0 Å². The normalized spacial score (nSPS) is 42.7. The predicted octanol–water partition coefficient (Wildman–Crippen LogP) is 1.39. The molecule has 2 saturated heterocycles. The highest BCUT2D eigenvalue weighted by Crippen LogP contribution is 2.32. The first-order valence-electron chi connectivity index (χ1n) is 6.78. The van der Waals surface area contributed by atoms with Gasteiger partial charge >= 0.3 is 0 Å². The van der Waals surface area contributed by atoms with E-state index in [1.807, 2.05) is 0 Å². The Bertz CT molecular complexity index is 284. The predicted molar refractivity (Wildman–Crippen MR) is 63.0 cm³/mol. The number of fused-ring (bicyclic) bond motifs is 2. The van der Waals surface area contributed by atoms with Gasteiger partial charge in [0.2, 0.25) is 5.91 Å². The van der Waals surface area contributed by atoms with Crippen LogP contribution in [0.4, 0.5) is 0 Å². The quantitative estimate of drug-likeness (QED) is 0.727. The number of carbonyl (C=O) groups is 1. The first-order chi connectivity index (χ1) is 7.74. The Hall–Kier alpha value is -0.570. The molecule has 1 saturated carbocycles. The smallest absolute Gasteiger partial charge is 0.226 e. The third-order valence-corrected chi connectivity index (χ3v) is 4.70. The second-order valence-electron chi connectivity index (χ2n) is 5.94. The minimum atomic E-state index is 0.343. The third-order valence-electron chi connectivity index (χ3n) is 4.70. The molecule has 3 aliphatic rings. The summed E-state index contributed by atoms with van der Waals surface area (Å²) in [5.41, 5.74) is 0. The Balaban J connectivity index is 1.61. The molecule has 0 spiro atoms. The lowest BCUT2D eigenvalue weighted by Crippen LogP contribution is -2.49. The first-order valence-corrected chi connectivity index (χ1v) is 6.78. The summed E-state index contributed by atoms with van der Waals surface area (Å²) in [6.07, 6.45) is 5.94. The molecule has 2 aliphatic heterocycles. The van der Waals surface area contributed by atoms with Gasteiger partial charge in [-0.3, -0.25) is 4.79 Å². The van der Waals surface area contributed by atoms with Crippen LogP contribution in [0.25, 0.3) is 0 Å². The lowest BCUT2D eigenvalue weighted by molar-refractivity contribution is -0.138. The van der Waals surface area contributed by atoms with E-state index in [1.54, 1.807) is 0 Å². The molecule has 0 radical (unpaired) electrons. The van der Waals surface area contributed by atoms with Gasteiger partial charge in [-0.05, 0) is 38.0 Å². The van der Waals surface area contributed by atoms with Crippen molar-refractivity contribution in [1.82, 2.24) is 10.2 Å². The van der Waals surface area contributed by atoms with E-state index >= 15 is 0 Å². The topological polar surface area (TPSA) is 32.3 Å². The average Bonchev–Trinajstić information content (AvgIpc) is 2.91. The van der Waals surface area contributed by atoms with Crippen LogP contribution in [0.5, 0.6) is 0 Å². The van der Waals surface area contributed by atoms with Crippen LogP contribution in [0.15, 0.2) is 0 Å². The van der Waals surface area contributed by atoms with Crippen LogP contribution < -0.4 is 5.32 Å². The first kappa shape index (κ1) is 10.6. The number of carbonyl (C=O) groups excluding carboxylic acids is 1. The van der Waals surface area contributed by atoms with E-state index in [-0.39, 0.29) is 0 Å². The largest absolute Gasteiger partial charge is 0.337 e. The SMILES string of the molecule is CC1CCC(C(=O)N2C[C@@H]3C[C@H]2CN3)CC1. The van der Waals surface area contributed by atoms with E-state index < -0.39 is 0 Å². The number of hydrogen-bond acceptors (Lipinski definition) is 2. The summed E-state index contributed by atoms with van der Waals surface area (Å²) < 4.78 is 0. The van der Waals surface area contributed by atoms with Crippen molar-refractivity contribution < 1.29 is 4.79 Å². The Morgan fingerprint density at radius 2 is 2.00 bits per heavy atom. The molecule has 3 heteroatoms. The molecule has 0 aromatic heterocycles. The number of piperazine rings is 1. The molecule has 3 fully saturated rings. The van der Waals surface area contributed by atoms with Crippen molar-refractivity contribution in [3.8, 4) is 0 Å². The van der Waals surface area contributed by atoms with Gasteiger partial charge in [0.05, 0.1) is 0 Å². The fraction of sp³-hybridized carbons (Fsp3) is 0.923. The number of likely N-dealkylation sites (tertiary alicyclic amines) is 1. The van der Waals surface area contributed by atoms with Gasteiger partial charge in [0, 0.05) is 31.1 Å². The van der Waals surface area contributed by atoms with Crippen molar-refractivity contribution >= 4 is 5.91 Å². The van der Waals surface area contributed by atoms with E-state index in [0.717, 1.165) is 31.8 Å². The van der Waals surface area contributed by atoms with E-state index in [2.05, 4.69) is 17.1 Å². The molecule has 1 aliphatic carbocycles. The van der Waals surface area contributed by atoms with Gasteiger partial charge in [-0.1, -0.05) is 6.92 Å². The lowest BCUT2D eigenvalue weighted by Gasteiger charge is -2.33. The number of amides is 1. The molecular weight excluding hydrogens is 200 g/mol. The maximum atomic E-state index is 12.4. The Kier molecular flexibility index (Phi) is 2.66. The van der Waals surface area contributed by atoms with Crippen molar-refractivity contribution in [3.05, 3.63) is 0 Å². The molecule has 3 nitrogen and oxygen atoms in total. The van der Waals surface area contributed by atoms with Crippen LogP contribution in [0.2, 0.25) is 0 Å². The molecule has 0 unspecified atom stereocenters. The van der Waals surface area contributed by atoms with Crippen LogP contribution in [0, 0.1) is 11.8 Å². The summed E-state index contributed by atoms with van der Waals surface area (Å²) in [7, 11) is 0. The van der Waals surface area contributed by atoms with Gasteiger partial charge in [-0.2, -0.15) is 0 Å². The van der Waals surface area contributed by atoms with Crippen molar-refractivity contribution in [3.63, 3.8) is 0 Å². The number of nitrogens with zero attached hydrogens (tertiary/aromatic N) is 1. The lowest BCUT2D eigenvalue weighted by atomic mass is 9.82. The highest BCUT2D eigenvalue weighted by atomic mass is 16.2. The second-order valence-corrected chi connectivity index (χ2v) is 5.94. The molecule has 1 amide bonds. The average molecular weight is 222 g/mol. The highest BCUT2D eigenvalue weighted by Gasteiger charge is 2.42. The van der Waals surface area contributed by atoms with Crippen molar-refractivity contribution in [2.75, 3.05) is 13.1 Å². The zero-order chi connectivity index (χ0) is 11.1. The zero-order valence-corrected chi connectivity index (χ0v) is 10.1. The van der Waals surface area contributed by atoms with E-state index in [9.17, 15) is 4.79 Å². The number of nitrogens with one attached hydrogen (secondary N) is 1. The van der Waals surface area contributed by atoms with Crippen molar-refractivity contribution in [2.24, 2.45) is 11.8 Å². The molecule has 0 aromatic carbocycles. The van der Waals surface area contributed by atoms with Crippen LogP contribution in [-0.2, 0) is 4.79 Å². The Morgan fingerprint density at radius 3 is 2.56 bits per heavy atom. The monoisotopic (exact) mass is 222 g/mol. The summed E-state index contributed by atoms with van der Waals surface area (Å²) in [6, 6.07) is 1.10. The van der Waals surface area contributed by atoms with Gasteiger partial charge in [0.15, 0.2) is 0 Å². The summed E-state index contributed by atoms with van der Waals surface area (Å²) in [6.45, 7) is 4.30. The van der Waals surface area contributed by atoms with Crippen molar-refractivity contribution in [1.29, 1.82) is 0 Å². The third kappa shape index (κ3) is 1.75. The number of rotatable bonds is 1. The summed E-state index contributed by atoms with van der Waals surface area (Å²) in [5.74, 6) is 1.64. The minimum Gasteiger partial charge on any atom is -0.337 e. The summed E-state index contributed by atoms with van der Waals surface area (Å²) >= 11 is 0. The molecule has 0 aromatic rings. The Labute approximate surface area is 97.6 Å². The second kappa shape index (κ2) is 4.02. The van der Waals surface area contributed by atoms with Gasteiger partial charge in [-0.15, -0.1) is 0 Å². The fourth-order valence-corrected chi connectivity index (χ4v) is 3.57. The van der Waals surface area contributed by atoms with Gasteiger partial charge in [0.1, 0.15) is 0 Å². The maximum absolute atomic E-state index is 12.4.